The van der Waals surface area contributed by atoms with Gasteiger partial charge in [-0.2, -0.15) is 0 Å². The molecule has 0 radical (unpaired) electrons. The lowest BCUT2D eigenvalue weighted by Crippen LogP contribution is -1.94. The summed E-state index contributed by atoms with van der Waals surface area (Å²) in [5.74, 6) is 0. The molecule has 0 aliphatic heterocycles. The second-order valence-electron chi connectivity index (χ2n) is 11.3. The van der Waals surface area contributed by atoms with Crippen molar-refractivity contribution in [1.82, 2.24) is 4.57 Å². The van der Waals surface area contributed by atoms with Crippen LogP contribution >= 0.6 is 11.3 Å². The fraction of sp³-hybridized carbons (Fsp3) is 0. The number of para-hydroxylation sites is 1. The molecular formula is C40H23NS. The summed E-state index contributed by atoms with van der Waals surface area (Å²) in [5, 5.41) is 7.94. The zero-order valence-electron chi connectivity index (χ0n) is 22.6. The number of benzene rings is 7. The Morgan fingerprint density at radius 2 is 1.19 bits per heavy atom. The molecule has 9 aromatic rings. The molecule has 0 bridgehead atoms. The summed E-state index contributed by atoms with van der Waals surface area (Å²) < 4.78 is 5.16. The van der Waals surface area contributed by atoms with E-state index in [-0.39, 0.29) is 0 Å². The van der Waals surface area contributed by atoms with Gasteiger partial charge in [0.15, 0.2) is 0 Å². The van der Waals surface area contributed by atoms with Gasteiger partial charge in [-0.1, -0.05) is 109 Å². The van der Waals surface area contributed by atoms with Gasteiger partial charge in [0.25, 0.3) is 0 Å². The van der Waals surface area contributed by atoms with E-state index in [1.54, 1.807) is 0 Å². The number of hydrogen-bond acceptors (Lipinski definition) is 1. The van der Waals surface area contributed by atoms with E-state index in [1.807, 2.05) is 11.3 Å². The Bertz CT molecular complexity index is 2570. The average molecular weight is 550 g/mol. The molecule has 0 spiro atoms. The summed E-state index contributed by atoms with van der Waals surface area (Å²) >= 11 is 1.90. The summed E-state index contributed by atoms with van der Waals surface area (Å²) in [5.41, 5.74) is 11.5. The van der Waals surface area contributed by atoms with Crippen LogP contribution in [-0.2, 0) is 0 Å². The maximum absolute atomic E-state index is 2.48. The molecule has 10 rings (SSSR count). The monoisotopic (exact) mass is 549 g/mol. The van der Waals surface area contributed by atoms with Gasteiger partial charge in [-0.05, 0) is 74.5 Å². The van der Waals surface area contributed by atoms with Crippen LogP contribution in [0.1, 0.15) is 0 Å². The van der Waals surface area contributed by atoms with Gasteiger partial charge in [-0.15, -0.1) is 11.3 Å². The molecule has 0 atom stereocenters. The number of nitrogens with zero attached hydrogens (tertiary/aromatic N) is 1. The van der Waals surface area contributed by atoms with Crippen molar-refractivity contribution in [2.75, 3.05) is 0 Å². The molecule has 194 valence electrons. The summed E-state index contributed by atoms with van der Waals surface area (Å²) in [6.07, 6.45) is 0. The van der Waals surface area contributed by atoms with Crippen LogP contribution < -0.4 is 0 Å². The Kier molecular flexibility index (Phi) is 4.39. The van der Waals surface area contributed by atoms with Crippen LogP contribution in [0.2, 0.25) is 0 Å². The third-order valence-electron chi connectivity index (χ3n) is 9.12. The van der Waals surface area contributed by atoms with E-state index >= 15 is 0 Å². The van der Waals surface area contributed by atoms with E-state index in [2.05, 4.69) is 144 Å². The SMILES string of the molecule is c1cc(-c2ccc3c(c2)-c2cccc4cccc-3c24)cc(-n2c3ccccc3c3ccc4c5ccccc5sc4c32)c1. The van der Waals surface area contributed by atoms with Crippen LogP contribution in [0, 0.1) is 0 Å². The molecule has 1 aliphatic rings. The van der Waals surface area contributed by atoms with E-state index in [9.17, 15) is 0 Å². The third-order valence-corrected chi connectivity index (χ3v) is 10.3. The fourth-order valence-electron chi connectivity index (χ4n) is 7.29. The van der Waals surface area contributed by atoms with Gasteiger partial charge >= 0.3 is 0 Å². The molecule has 7 aromatic carbocycles. The Morgan fingerprint density at radius 3 is 2.10 bits per heavy atom. The van der Waals surface area contributed by atoms with E-state index in [0.717, 1.165) is 0 Å². The molecule has 0 fully saturated rings. The highest BCUT2D eigenvalue weighted by molar-refractivity contribution is 7.26. The van der Waals surface area contributed by atoms with Crippen molar-refractivity contribution in [2.45, 2.75) is 0 Å². The molecule has 0 unspecified atom stereocenters. The van der Waals surface area contributed by atoms with E-state index in [4.69, 9.17) is 0 Å². The van der Waals surface area contributed by atoms with Gasteiger partial charge in [0.1, 0.15) is 0 Å². The highest BCUT2D eigenvalue weighted by Crippen LogP contribution is 2.48. The molecule has 1 nitrogen and oxygen atoms in total. The smallest absolute Gasteiger partial charge is 0.0719 e. The largest absolute Gasteiger partial charge is 0.308 e. The molecule has 0 saturated heterocycles. The lowest BCUT2D eigenvalue weighted by Gasteiger charge is -2.12. The van der Waals surface area contributed by atoms with Crippen molar-refractivity contribution >= 4 is 64.1 Å². The van der Waals surface area contributed by atoms with E-state index < -0.39 is 0 Å². The Hall–Kier alpha value is -5.18. The van der Waals surface area contributed by atoms with Gasteiger partial charge in [-0.25, -0.2) is 0 Å². The van der Waals surface area contributed by atoms with Gasteiger partial charge in [0.2, 0.25) is 0 Å². The van der Waals surface area contributed by atoms with Gasteiger partial charge < -0.3 is 4.57 Å². The lowest BCUT2D eigenvalue weighted by molar-refractivity contribution is 1.19. The normalized spacial score (nSPS) is 12.3. The van der Waals surface area contributed by atoms with Gasteiger partial charge in [-0.3, -0.25) is 0 Å². The predicted molar refractivity (Wildman–Crippen MR) is 181 cm³/mol. The van der Waals surface area contributed by atoms with Crippen molar-refractivity contribution in [1.29, 1.82) is 0 Å². The maximum Gasteiger partial charge on any atom is 0.0719 e. The first kappa shape index (κ1) is 22.5. The number of thiophene rings is 1. The minimum absolute atomic E-state index is 1.19. The minimum atomic E-state index is 1.19. The Labute approximate surface area is 246 Å². The molecule has 0 N–H and O–H groups in total. The van der Waals surface area contributed by atoms with Crippen molar-refractivity contribution < 1.29 is 0 Å². The molecule has 0 saturated carbocycles. The molecule has 2 heterocycles. The zero-order chi connectivity index (χ0) is 27.4. The van der Waals surface area contributed by atoms with E-state index in [1.165, 1.54) is 91.8 Å². The first-order chi connectivity index (χ1) is 20.8. The second kappa shape index (κ2) is 8.19. The molecular weight excluding hydrogens is 527 g/mol. The fourth-order valence-corrected chi connectivity index (χ4v) is 8.54. The van der Waals surface area contributed by atoms with Gasteiger partial charge in [0.05, 0.1) is 15.7 Å². The second-order valence-corrected chi connectivity index (χ2v) is 12.4. The standard InChI is InChI=1S/C40H23NS/c1-3-16-36-29(12-1)33-20-21-34-30-13-2-4-17-37(30)42-40(34)39(33)41(36)27-11-5-10-25(22-27)26-18-19-28-31-14-6-8-24-9-7-15-32(38(24)31)35(28)23-26/h1-23H. The number of fused-ring (bicyclic) bond motifs is 10. The Morgan fingerprint density at radius 1 is 0.452 bits per heavy atom. The summed E-state index contributed by atoms with van der Waals surface area (Å²) in [4.78, 5) is 0. The minimum Gasteiger partial charge on any atom is -0.308 e. The first-order valence-corrected chi connectivity index (χ1v) is 15.3. The predicted octanol–water partition coefficient (Wildman–Crippen LogP) is 11.6. The highest BCUT2D eigenvalue weighted by atomic mass is 32.1. The number of aromatic nitrogens is 1. The number of hydrogen-bond donors (Lipinski definition) is 0. The van der Waals surface area contributed by atoms with Crippen molar-refractivity contribution in [3.8, 4) is 39.1 Å². The van der Waals surface area contributed by atoms with E-state index in [0.29, 0.717) is 0 Å². The highest BCUT2D eigenvalue weighted by Gasteiger charge is 2.22. The van der Waals surface area contributed by atoms with Crippen LogP contribution in [0.15, 0.2) is 140 Å². The molecule has 42 heavy (non-hydrogen) atoms. The average Bonchev–Trinajstić information content (AvgIpc) is 3.70. The summed E-state index contributed by atoms with van der Waals surface area (Å²) in [7, 11) is 0. The molecule has 1 aliphatic carbocycles. The van der Waals surface area contributed by atoms with Crippen molar-refractivity contribution in [3.05, 3.63) is 140 Å². The van der Waals surface area contributed by atoms with Crippen LogP contribution in [0.25, 0.3) is 91.8 Å². The molecule has 0 amide bonds. The number of rotatable bonds is 2. The zero-order valence-corrected chi connectivity index (χ0v) is 23.5. The first-order valence-electron chi connectivity index (χ1n) is 14.4. The quantitative estimate of drug-likeness (QED) is 0.202. The van der Waals surface area contributed by atoms with Crippen molar-refractivity contribution in [3.63, 3.8) is 0 Å². The van der Waals surface area contributed by atoms with Crippen LogP contribution in [0.3, 0.4) is 0 Å². The van der Waals surface area contributed by atoms with Crippen LogP contribution in [-0.4, -0.2) is 4.57 Å². The summed E-state index contributed by atoms with van der Waals surface area (Å²) in [6.45, 7) is 0. The summed E-state index contributed by atoms with van der Waals surface area (Å²) in [6, 6.07) is 51.6. The topological polar surface area (TPSA) is 4.93 Å². The van der Waals surface area contributed by atoms with Crippen LogP contribution in [0.4, 0.5) is 0 Å². The van der Waals surface area contributed by atoms with Gasteiger partial charge in [0, 0.05) is 31.9 Å². The molecule has 2 heteroatoms. The van der Waals surface area contributed by atoms with Crippen molar-refractivity contribution in [2.24, 2.45) is 0 Å². The maximum atomic E-state index is 2.48. The molecule has 2 aromatic heterocycles. The van der Waals surface area contributed by atoms with Crippen LogP contribution in [0.5, 0.6) is 0 Å². The Balaban J connectivity index is 1.22. The lowest BCUT2D eigenvalue weighted by atomic mass is 9.97. The third kappa shape index (κ3) is 2.92.